The van der Waals surface area contributed by atoms with Gasteiger partial charge in [-0.15, -0.1) is 0 Å². The average Bonchev–Trinajstić information content (AvgIpc) is 2.71. The molecule has 1 unspecified atom stereocenters. The Kier molecular flexibility index (Phi) is 3.45. The monoisotopic (exact) mass is 196 g/mol. The Balaban J connectivity index is 1.77. The van der Waals surface area contributed by atoms with Crippen LogP contribution in [-0.4, -0.2) is 36.6 Å². The van der Waals surface area contributed by atoms with Crippen molar-refractivity contribution in [1.29, 1.82) is 0 Å². The average molecular weight is 196 g/mol. The molecule has 1 atom stereocenters. The maximum Gasteiger partial charge on any atom is 0.00967 e. The van der Waals surface area contributed by atoms with Crippen LogP contribution < -0.4 is 5.32 Å². The van der Waals surface area contributed by atoms with Crippen molar-refractivity contribution < 1.29 is 0 Å². The summed E-state index contributed by atoms with van der Waals surface area (Å²) in [6.07, 6.45) is 5.65. The quantitative estimate of drug-likeness (QED) is 0.725. The zero-order chi connectivity index (χ0) is 9.97. The Labute approximate surface area is 88.1 Å². The first-order chi connectivity index (χ1) is 6.77. The van der Waals surface area contributed by atoms with Gasteiger partial charge in [-0.1, -0.05) is 0 Å². The van der Waals surface area contributed by atoms with Gasteiger partial charge in [0.25, 0.3) is 0 Å². The lowest BCUT2D eigenvalue weighted by molar-refractivity contribution is 0.134. The predicted octanol–water partition coefficient (Wildman–Crippen LogP) is 1.86. The van der Waals surface area contributed by atoms with Gasteiger partial charge in [0.2, 0.25) is 0 Å². The van der Waals surface area contributed by atoms with Crippen LogP contribution in [0.3, 0.4) is 0 Å². The van der Waals surface area contributed by atoms with Crippen molar-refractivity contribution in [3.05, 3.63) is 0 Å². The first-order valence-electron chi connectivity index (χ1n) is 6.25. The molecule has 2 rings (SSSR count). The van der Waals surface area contributed by atoms with Crippen molar-refractivity contribution in [2.75, 3.05) is 19.6 Å². The summed E-state index contributed by atoms with van der Waals surface area (Å²) in [5, 5.41) is 3.65. The van der Waals surface area contributed by atoms with Crippen LogP contribution in [0.1, 0.15) is 39.5 Å². The molecule has 2 aliphatic rings. The van der Waals surface area contributed by atoms with Gasteiger partial charge in [0.05, 0.1) is 0 Å². The number of nitrogens with zero attached hydrogens (tertiary/aromatic N) is 1. The van der Waals surface area contributed by atoms with E-state index in [-0.39, 0.29) is 0 Å². The summed E-state index contributed by atoms with van der Waals surface area (Å²) in [6.45, 7) is 8.53. The van der Waals surface area contributed by atoms with E-state index in [2.05, 4.69) is 24.1 Å². The highest BCUT2D eigenvalue weighted by Gasteiger charge is 2.28. The molecule has 0 radical (unpaired) electrons. The third-order valence-corrected chi connectivity index (χ3v) is 3.97. The molecule has 14 heavy (non-hydrogen) atoms. The largest absolute Gasteiger partial charge is 0.314 e. The zero-order valence-corrected chi connectivity index (χ0v) is 9.63. The molecule has 1 N–H and O–H groups in total. The Bertz CT molecular complexity index is 165. The Morgan fingerprint density at radius 3 is 2.36 bits per heavy atom. The molecule has 2 nitrogen and oxygen atoms in total. The highest BCUT2D eigenvalue weighted by Crippen LogP contribution is 2.26. The Morgan fingerprint density at radius 1 is 1.14 bits per heavy atom. The van der Waals surface area contributed by atoms with E-state index in [4.69, 9.17) is 0 Å². The number of piperidine rings is 1. The topological polar surface area (TPSA) is 15.3 Å². The molecular formula is C12H24N2. The van der Waals surface area contributed by atoms with Crippen molar-refractivity contribution in [3.63, 3.8) is 0 Å². The molecule has 0 aromatic carbocycles. The van der Waals surface area contributed by atoms with Gasteiger partial charge in [0.1, 0.15) is 0 Å². The fourth-order valence-corrected chi connectivity index (χ4v) is 2.95. The number of likely N-dealkylation sites (tertiary alicyclic amines) is 1. The van der Waals surface area contributed by atoms with E-state index in [1.165, 1.54) is 45.3 Å². The second-order valence-electron chi connectivity index (χ2n) is 5.17. The van der Waals surface area contributed by atoms with Crippen LogP contribution >= 0.6 is 0 Å². The summed E-state index contributed by atoms with van der Waals surface area (Å²) >= 11 is 0. The fraction of sp³-hybridized carbons (Fsp3) is 1.00. The van der Waals surface area contributed by atoms with Crippen molar-refractivity contribution >= 4 is 0 Å². The molecule has 0 bridgehead atoms. The van der Waals surface area contributed by atoms with E-state index in [1.54, 1.807) is 0 Å². The number of nitrogens with one attached hydrogen (secondary N) is 1. The Hall–Kier alpha value is -0.0800. The van der Waals surface area contributed by atoms with Crippen LogP contribution in [0.25, 0.3) is 0 Å². The van der Waals surface area contributed by atoms with Crippen LogP contribution in [0.2, 0.25) is 0 Å². The SMILES string of the molecule is CC(C)N1CCC(C2CCCN2)CC1. The van der Waals surface area contributed by atoms with Crippen LogP contribution in [0, 0.1) is 5.92 Å². The second-order valence-corrected chi connectivity index (χ2v) is 5.17. The van der Waals surface area contributed by atoms with Gasteiger partial charge in [0, 0.05) is 12.1 Å². The first kappa shape index (κ1) is 10.4. The molecule has 82 valence electrons. The minimum Gasteiger partial charge on any atom is -0.314 e. The van der Waals surface area contributed by atoms with Gasteiger partial charge in [-0.3, -0.25) is 0 Å². The molecule has 0 aromatic rings. The van der Waals surface area contributed by atoms with E-state index < -0.39 is 0 Å². The molecule has 2 aliphatic heterocycles. The van der Waals surface area contributed by atoms with E-state index in [1.807, 2.05) is 0 Å². The molecule has 2 saturated heterocycles. The normalized spacial score (nSPS) is 31.5. The van der Waals surface area contributed by atoms with Crippen molar-refractivity contribution in [1.82, 2.24) is 10.2 Å². The van der Waals surface area contributed by atoms with Crippen molar-refractivity contribution in [3.8, 4) is 0 Å². The standard InChI is InChI=1S/C12H24N2/c1-10(2)14-8-5-11(6-9-14)12-4-3-7-13-12/h10-13H,3-9H2,1-2H3. The van der Waals surface area contributed by atoms with Gasteiger partial charge >= 0.3 is 0 Å². The van der Waals surface area contributed by atoms with E-state index >= 15 is 0 Å². The fourth-order valence-electron chi connectivity index (χ4n) is 2.95. The highest BCUT2D eigenvalue weighted by atomic mass is 15.2. The lowest BCUT2D eigenvalue weighted by Gasteiger charge is -2.37. The maximum absolute atomic E-state index is 3.65. The summed E-state index contributed by atoms with van der Waals surface area (Å²) in [5.41, 5.74) is 0. The van der Waals surface area contributed by atoms with Crippen LogP contribution in [0.15, 0.2) is 0 Å². The molecule has 0 aromatic heterocycles. The number of rotatable bonds is 2. The molecule has 0 amide bonds. The van der Waals surface area contributed by atoms with Gasteiger partial charge in [0.15, 0.2) is 0 Å². The third kappa shape index (κ3) is 2.29. The first-order valence-corrected chi connectivity index (χ1v) is 6.25. The summed E-state index contributed by atoms with van der Waals surface area (Å²) < 4.78 is 0. The molecule has 2 fully saturated rings. The molecule has 2 heteroatoms. The van der Waals surface area contributed by atoms with E-state index in [0.29, 0.717) is 0 Å². The minimum absolute atomic E-state index is 0.743. The smallest absolute Gasteiger partial charge is 0.00967 e. The molecule has 2 heterocycles. The summed E-state index contributed by atoms with van der Waals surface area (Å²) in [4.78, 5) is 2.62. The molecular weight excluding hydrogens is 172 g/mol. The molecule has 0 aliphatic carbocycles. The van der Waals surface area contributed by atoms with Crippen molar-refractivity contribution in [2.45, 2.75) is 51.6 Å². The van der Waals surface area contributed by atoms with E-state index in [9.17, 15) is 0 Å². The molecule has 0 saturated carbocycles. The summed E-state index contributed by atoms with van der Waals surface area (Å²) in [7, 11) is 0. The third-order valence-electron chi connectivity index (χ3n) is 3.97. The lowest BCUT2D eigenvalue weighted by Crippen LogP contribution is -2.43. The van der Waals surface area contributed by atoms with E-state index in [0.717, 1.165) is 18.0 Å². The van der Waals surface area contributed by atoms with Gasteiger partial charge in [-0.25, -0.2) is 0 Å². The minimum atomic E-state index is 0.743. The van der Waals surface area contributed by atoms with Gasteiger partial charge < -0.3 is 10.2 Å². The molecule has 0 spiro atoms. The summed E-state index contributed by atoms with van der Waals surface area (Å²) in [6, 6.07) is 1.59. The van der Waals surface area contributed by atoms with Crippen LogP contribution in [0.4, 0.5) is 0 Å². The number of hydrogen-bond donors (Lipinski definition) is 1. The van der Waals surface area contributed by atoms with Crippen LogP contribution in [0.5, 0.6) is 0 Å². The lowest BCUT2D eigenvalue weighted by atomic mass is 9.88. The summed E-state index contributed by atoms with van der Waals surface area (Å²) in [5.74, 6) is 0.965. The Morgan fingerprint density at radius 2 is 1.86 bits per heavy atom. The zero-order valence-electron chi connectivity index (χ0n) is 9.63. The second kappa shape index (κ2) is 4.63. The van der Waals surface area contributed by atoms with Crippen molar-refractivity contribution in [2.24, 2.45) is 5.92 Å². The predicted molar refractivity (Wildman–Crippen MR) is 60.5 cm³/mol. The highest BCUT2D eigenvalue weighted by molar-refractivity contribution is 4.86. The maximum atomic E-state index is 3.65. The number of hydrogen-bond acceptors (Lipinski definition) is 2. The van der Waals surface area contributed by atoms with Gasteiger partial charge in [-0.05, 0) is 65.1 Å². The van der Waals surface area contributed by atoms with Crippen LogP contribution in [-0.2, 0) is 0 Å². The van der Waals surface area contributed by atoms with Gasteiger partial charge in [-0.2, -0.15) is 0 Å².